The zero-order valence-electron chi connectivity index (χ0n) is 39.2. The van der Waals surface area contributed by atoms with Crippen molar-refractivity contribution in [2.24, 2.45) is 11.8 Å². The van der Waals surface area contributed by atoms with Gasteiger partial charge in [0.25, 0.3) is 11.8 Å². The minimum Gasteiger partial charge on any atom is -0.306 e. The summed E-state index contributed by atoms with van der Waals surface area (Å²) < 4.78 is 0. The number of thiophene rings is 2. The van der Waals surface area contributed by atoms with Crippen LogP contribution >= 0.6 is 22.7 Å². The normalized spacial score (nSPS) is 15.3. The van der Waals surface area contributed by atoms with Crippen molar-refractivity contribution < 1.29 is 9.59 Å². The van der Waals surface area contributed by atoms with E-state index in [0.29, 0.717) is 36.1 Å². The standard InChI is InChI=1S/C54H88N2O2S2/c1-5-9-13-17-21-23-27-31-37-45(35-29-25-19-15-11-7-3)43-55-51(47-39-33-41-59-47)49-50(53(55)57)52(48-40-34-42-60-48)56(54(49)58)44-46(36-30-26-20-16-12-8-4)38-32-28-24-22-18-14-10-6-2/h33-34,39-42,45-46H,5-32,35-38,43-44H2,1-4H3. The first kappa shape index (κ1) is 50.5. The lowest BCUT2D eigenvalue weighted by Gasteiger charge is -2.29. The van der Waals surface area contributed by atoms with Crippen molar-refractivity contribution in [1.29, 1.82) is 0 Å². The molecule has 338 valence electrons. The number of fused-ring (bicyclic) bond motifs is 1. The van der Waals surface area contributed by atoms with E-state index < -0.39 is 0 Å². The van der Waals surface area contributed by atoms with Gasteiger partial charge in [-0.3, -0.25) is 9.59 Å². The third kappa shape index (κ3) is 16.8. The van der Waals surface area contributed by atoms with Crippen LogP contribution in [-0.4, -0.2) is 34.7 Å². The zero-order chi connectivity index (χ0) is 42.6. The van der Waals surface area contributed by atoms with Crippen molar-refractivity contribution in [2.75, 3.05) is 13.1 Å². The first-order valence-corrected chi connectivity index (χ1v) is 27.5. The lowest BCUT2D eigenvalue weighted by Crippen LogP contribution is -2.34. The molecule has 2 atom stereocenters. The molecule has 2 aromatic heterocycles. The molecular weight excluding hydrogens is 773 g/mol. The summed E-state index contributed by atoms with van der Waals surface area (Å²) in [6, 6.07) is 8.46. The van der Waals surface area contributed by atoms with Gasteiger partial charge in [-0.2, -0.15) is 0 Å². The van der Waals surface area contributed by atoms with E-state index in [4.69, 9.17) is 0 Å². The van der Waals surface area contributed by atoms with Gasteiger partial charge in [0.2, 0.25) is 0 Å². The van der Waals surface area contributed by atoms with Gasteiger partial charge >= 0.3 is 0 Å². The summed E-state index contributed by atoms with van der Waals surface area (Å²) in [5.74, 6) is 1.01. The number of hydrogen-bond acceptors (Lipinski definition) is 4. The molecule has 0 saturated carbocycles. The number of unbranched alkanes of at least 4 members (excludes halogenated alkanes) is 24. The average molecular weight is 861 g/mol. The van der Waals surface area contributed by atoms with Crippen LogP contribution in [0.5, 0.6) is 0 Å². The van der Waals surface area contributed by atoms with Crippen LogP contribution in [0.1, 0.15) is 243 Å². The molecule has 4 rings (SSSR count). The van der Waals surface area contributed by atoms with Crippen molar-refractivity contribution in [3.63, 3.8) is 0 Å². The molecule has 6 heteroatoms. The fourth-order valence-electron chi connectivity index (χ4n) is 9.81. The van der Waals surface area contributed by atoms with Gasteiger partial charge in [0.05, 0.1) is 32.3 Å². The second kappa shape index (κ2) is 30.8. The van der Waals surface area contributed by atoms with Gasteiger partial charge in [-0.15, -0.1) is 22.7 Å². The van der Waals surface area contributed by atoms with E-state index in [0.717, 1.165) is 46.8 Å². The Balaban J connectivity index is 1.56. The molecule has 0 bridgehead atoms. The number of nitrogens with zero attached hydrogens (tertiary/aromatic N) is 2. The van der Waals surface area contributed by atoms with Crippen LogP contribution in [0.15, 0.2) is 46.2 Å². The molecule has 0 fully saturated rings. The third-order valence-corrected chi connectivity index (χ3v) is 15.2. The molecule has 4 nitrogen and oxygen atoms in total. The van der Waals surface area contributed by atoms with Crippen LogP contribution in [-0.2, 0) is 9.59 Å². The molecule has 0 aliphatic carbocycles. The molecule has 0 radical (unpaired) electrons. The van der Waals surface area contributed by atoms with Crippen LogP contribution in [0, 0.1) is 11.8 Å². The number of carbonyl (C=O) groups excluding carboxylic acids is 2. The highest BCUT2D eigenvalue weighted by Gasteiger charge is 2.50. The maximum absolute atomic E-state index is 15.2. The number of carbonyl (C=O) groups is 2. The molecule has 2 aromatic rings. The Morgan fingerprint density at radius 2 is 0.667 bits per heavy atom. The largest absolute Gasteiger partial charge is 0.306 e. The quantitative estimate of drug-likeness (QED) is 0.0631. The highest BCUT2D eigenvalue weighted by molar-refractivity contribution is 7.11. The molecule has 0 N–H and O–H groups in total. The highest BCUT2D eigenvalue weighted by Crippen LogP contribution is 2.49. The molecule has 2 unspecified atom stereocenters. The second-order valence-electron chi connectivity index (χ2n) is 18.6. The third-order valence-electron chi connectivity index (χ3n) is 13.4. The van der Waals surface area contributed by atoms with Crippen LogP contribution in [0.3, 0.4) is 0 Å². The van der Waals surface area contributed by atoms with Crippen molar-refractivity contribution in [3.05, 3.63) is 55.9 Å². The predicted octanol–water partition coefficient (Wildman–Crippen LogP) is 17.4. The Morgan fingerprint density at radius 3 is 0.917 bits per heavy atom. The fraction of sp³-hybridized carbons (Fsp3) is 0.741. The monoisotopic (exact) mass is 861 g/mol. The zero-order valence-corrected chi connectivity index (χ0v) is 40.8. The van der Waals surface area contributed by atoms with Crippen molar-refractivity contribution >= 4 is 45.9 Å². The molecular formula is C54H88N2O2S2. The smallest absolute Gasteiger partial charge is 0.261 e. The Kier molecular flexibility index (Phi) is 25.9. The summed E-state index contributed by atoms with van der Waals surface area (Å²) in [7, 11) is 0. The van der Waals surface area contributed by atoms with E-state index in [-0.39, 0.29) is 11.8 Å². The Bertz CT molecular complexity index is 1380. The summed E-state index contributed by atoms with van der Waals surface area (Å²) in [5.41, 5.74) is 3.15. The van der Waals surface area contributed by atoms with Crippen molar-refractivity contribution in [2.45, 2.75) is 233 Å². The minimum atomic E-state index is 0.0621. The molecule has 2 aliphatic rings. The van der Waals surface area contributed by atoms with E-state index in [1.165, 1.54) is 180 Å². The molecule has 0 aromatic carbocycles. The van der Waals surface area contributed by atoms with Crippen LogP contribution in [0.2, 0.25) is 0 Å². The highest BCUT2D eigenvalue weighted by atomic mass is 32.1. The number of rotatable bonds is 38. The molecule has 4 heterocycles. The summed E-state index contributed by atoms with van der Waals surface area (Å²) in [5, 5.41) is 4.22. The Morgan fingerprint density at radius 1 is 0.400 bits per heavy atom. The van der Waals surface area contributed by atoms with Gasteiger partial charge in [-0.25, -0.2) is 0 Å². The lowest BCUT2D eigenvalue weighted by atomic mass is 9.93. The Hall–Kier alpha value is -2.18. The van der Waals surface area contributed by atoms with Crippen molar-refractivity contribution in [3.8, 4) is 0 Å². The number of hydrogen-bond donors (Lipinski definition) is 0. The predicted molar refractivity (Wildman–Crippen MR) is 263 cm³/mol. The van der Waals surface area contributed by atoms with Crippen molar-refractivity contribution in [1.82, 2.24) is 9.80 Å². The summed E-state index contributed by atoms with van der Waals surface area (Å²) >= 11 is 3.36. The fourth-order valence-corrected chi connectivity index (χ4v) is 11.4. The summed E-state index contributed by atoms with van der Waals surface area (Å²) in [6.07, 6.45) is 41.3. The summed E-state index contributed by atoms with van der Waals surface area (Å²) in [6.45, 7) is 10.6. The van der Waals surface area contributed by atoms with E-state index in [1.54, 1.807) is 22.7 Å². The topological polar surface area (TPSA) is 40.6 Å². The van der Waals surface area contributed by atoms with E-state index in [2.05, 4.69) is 72.5 Å². The van der Waals surface area contributed by atoms with Gasteiger partial charge in [0, 0.05) is 13.1 Å². The van der Waals surface area contributed by atoms with Gasteiger partial charge < -0.3 is 9.80 Å². The van der Waals surface area contributed by atoms with E-state index >= 15 is 9.59 Å². The molecule has 60 heavy (non-hydrogen) atoms. The van der Waals surface area contributed by atoms with Gasteiger partial charge in [0.15, 0.2) is 0 Å². The van der Waals surface area contributed by atoms with Crippen LogP contribution in [0.25, 0.3) is 11.4 Å². The minimum absolute atomic E-state index is 0.0621. The average Bonchev–Trinajstić information content (AvgIpc) is 4.08. The molecule has 0 spiro atoms. The van der Waals surface area contributed by atoms with Gasteiger partial charge in [0.1, 0.15) is 0 Å². The molecule has 0 saturated heterocycles. The maximum atomic E-state index is 15.2. The maximum Gasteiger partial charge on any atom is 0.261 e. The Labute approximate surface area is 377 Å². The first-order chi connectivity index (χ1) is 29.5. The second-order valence-corrected chi connectivity index (χ2v) is 20.5. The number of amides is 2. The van der Waals surface area contributed by atoms with Gasteiger partial charge in [-0.05, 0) is 60.4 Å². The van der Waals surface area contributed by atoms with E-state index in [9.17, 15) is 0 Å². The lowest BCUT2D eigenvalue weighted by molar-refractivity contribution is -0.124. The molecule has 2 aliphatic heterocycles. The molecule has 2 amide bonds. The van der Waals surface area contributed by atoms with Crippen LogP contribution < -0.4 is 0 Å². The van der Waals surface area contributed by atoms with E-state index in [1.807, 2.05) is 0 Å². The summed E-state index contributed by atoms with van der Waals surface area (Å²) in [4.78, 5) is 36.6. The SMILES string of the molecule is CCCCCCCCCCC(CCCCCCCC)CN1C(=O)C2=C(c3cccs3)N(CC(CCCCCCCC)CCCCCCCCCC)C(=O)C2=C1c1cccs1. The first-order valence-electron chi connectivity index (χ1n) is 25.8. The van der Waals surface area contributed by atoms with Crippen LogP contribution in [0.4, 0.5) is 0 Å². The van der Waals surface area contributed by atoms with Gasteiger partial charge in [-0.1, -0.05) is 220 Å².